The summed E-state index contributed by atoms with van der Waals surface area (Å²) in [4.78, 5) is 0. The molecule has 0 radical (unpaired) electrons. The molecule has 0 spiro atoms. The van der Waals surface area contributed by atoms with Crippen molar-refractivity contribution < 1.29 is 0 Å². The number of hydrogen-bond donors (Lipinski definition) is 0. The Hall–Kier alpha value is 0. The highest BCUT2D eigenvalue weighted by atomic mass is 14.9. The Balaban J connectivity index is 2.16. The second-order valence-corrected chi connectivity index (χ2v) is 4.61. The van der Waals surface area contributed by atoms with Crippen LogP contribution < -0.4 is 0 Å². The van der Waals surface area contributed by atoms with Gasteiger partial charge in [-0.1, -0.05) is 27.7 Å². The molecule has 3 unspecified atom stereocenters. The molecule has 2 aliphatic carbocycles. The second kappa shape index (κ2) is 1.09. The van der Waals surface area contributed by atoms with Crippen LogP contribution in [-0.2, 0) is 0 Å². The molecule has 0 heterocycles. The van der Waals surface area contributed by atoms with Gasteiger partial charge in [0, 0.05) is 0 Å². The molecule has 0 aromatic heterocycles. The topological polar surface area (TPSA) is 0 Å². The minimum absolute atomic E-state index is 0.743. The summed E-state index contributed by atoms with van der Waals surface area (Å²) in [6.07, 6.45) is 1.52. The van der Waals surface area contributed by atoms with E-state index in [4.69, 9.17) is 0 Å². The van der Waals surface area contributed by atoms with Crippen molar-refractivity contribution in [2.24, 2.45) is 22.7 Å². The lowest BCUT2D eigenvalue weighted by atomic mass is 9.80. The molecule has 0 N–H and O–H groups in total. The van der Waals surface area contributed by atoms with Crippen LogP contribution in [0.2, 0.25) is 0 Å². The largest absolute Gasteiger partial charge is 0.0622 e. The first-order chi connectivity index (χ1) is 4.03. The minimum atomic E-state index is 0.743. The highest BCUT2D eigenvalue weighted by Crippen LogP contribution is 2.89. The molecule has 0 amide bonds. The van der Waals surface area contributed by atoms with Crippen molar-refractivity contribution in [1.82, 2.24) is 0 Å². The molecule has 2 aliphatic rings. The van der Waals surface area contributed by atoms with Gasteiger partial charge in [-0.15, -0.1) is 0 Å². The lowest BCUT2D eigenvalue weighted by molar-refractivity contribution is 0.243. The number of fused-ring (bicyclic) bond motifs is 1. The predicted octanol–water partition coefficient (Wildman–Crippen LogP) is 2.69. The van der Waals surface area contributed by atoms with Crippen molar-refractivity contribution >= 4 is 0 Å². The van der Waals surface area contributed by atoms with Gasteiger partial charge in [0.2, 0.25) is 0 Å². The maximum absolute atomic E-state index is 2.45. The highest BCUT2D eigenvalue weighted by molar-refractivity contribution is 5.31. The molecule has 0 aromatic rings. The minimum Gasteiger partial charge on any atom is -0.0622 e. The average molecular weight is 124 g/mol. The lowest BCUT2D eigenvalue weighted by Gasteiger charge is -2.24. The van der Waals surface area contributed by atoms with Crippen molar-refractivity contribution in [3.63, 3.8) is 0 Å². The van der Waals surface area contributed by atoms with E-state index in [1.807, 2.05) is 0 Å². The van der Waals surface area contributed by atoms with E-state index in [1.165, 1.54) is 6.42 Å². The Morgan fingerprint density at radius 3 is 1.78 bits per heavy atom. The average Bonchev–Trinajstić information content (AvgIpc) is 2.52. The molecule has 2 fully saturated rings. The molecule has 0 aromatic carbocycles. The molecule has 2 saturated carbocycles. The van der Waals surface area contributed by atoms with Crippen molar-refractivity contribution in [1.29, 1.82) is 0 Å². The summed E-state index contributed by atoms with van der Waals surface area (Å²) in [5.74, 6) is 2.01. The summed E-state index contributed by atoms with van der Waals surface area (Å²) in [6.45, 7) is 9.61. The Morgan fingerprint density at radius 1 is 1.33 bits per heavy atom. The van der Waals surface area contributed by atoms with Crippen LogP contribution in [0.1, 0.15) is 34.1 Å². The first-order valence-corrected chi connectivity index (χ1v) is 4.03. The van der Waals surface area contributed by atoms with Gasteiger partial charge in [-0.25, -0.2) is 0 Å². The molecule has 52 valence electrons. The Morgan fingerprint density at radius 2 is 1.78 bits per heavy atom. The van der Waals surface area contributed by atoms with Crippen LogP contribution in [0.15, 0.2) is 0 Å². The Bertz CT molecular complexity index is 155. The quantitative estimate of drug-likeness (QED) is 0.504. The number of hydrogen-bond acceptors (Lipinski definition) is 0. The van der Waals surface area contributed by atoms with Gasteiger partial charge in [-0.05, 0) is 29.1 Å². The SMILES string of the molecule is CC(C)C1(C)C2CC21C. The van der Waals surface area contributed by atoms with Crippen LogP contribution in [0.25, 0.3) is 0 Å². The van der Waals surface area contributed by atoms with Crippen molar-refractivity contribution in [2.75, 3.05) is 0 Å². The molecule has 0 aliphatic heterocycles. The zero-order valence-electron chi connectivity index (χ0n) is 6.86. The van der Waals surface area contributed by atoms with E-state index >= 15 is 0 Å². The van der Waals surface area contributed by atoms with Crippen LogP contribution >= 0.6 is 0 Å². The molecule has 9 heavy (non-hydrogen) atoms. The number of rotatable bonds is 1. The van der Waals surface area contributed by atoms with Crippen molar-refractivity contribution in [3.05, 3.63) is 0 Å². The van der Waals surface area contributed by atoms with E-state index in [1.54, 1.807) is 0 Å². The highest BCUT2D eigenvalue weighted by Gasteiger charge is 2.83. The second-order valence-electron chi connectivity index (χ2n) is 4.61. The first kappa shape index (κ1) is 5.76. The zero-order valence-corrected chi connectivity index (χ0v) is 6.86. The van der Waals surface area contributed by atoms with E-state index in [0.717, 1.165) is 22.7 Å². The summed E-state index contributed by atoms with van der Waals surface area (Å²) >= 11 is 0. The summed E-state index contributed by atoms with van der Waals surface area (Å²) in [5, 5.41) is 0. The third-order valence-corrected chi connectivity index (χ3v) is 4.31. The molecular weight excluding hydrogens is 108 g/mol. The molecule has 0 saturated heterocycles. The fourth-order valence-electron chi connectivity index (χ4n) is 2.75. The lowest BCUT2D eigenvalue weighted by Crippen LogP contribution is -2.17. The summed E-state index contributed by atoms with van der Waals surface area (Å²) < 4.78 is 0. The van der Waals surface area contributed by atoms with Gasteiger partial charge in [0.25, 0.3) is 0 Å². The third kappa shape index (κ3) is 0.367. The van der Waals surface area contributed by atoms with Crippen LogP contribution in [0.5, 0.6) is 0 Å². The van der Waals surface area contributed by atoms with Crippen LogP contribution in [0, 0.1) is 22.7 Å². The smallest absolute Gasteiger partial charge is 0.0212 e. The first-order valence-electron chi connectivity index (χ1n) is 4.03. The monoisotopic (exact) mass is 124 g/mol. The van der Waals surface area contributed by atoms with E-state index in [2.05, 4.69) is 27.7 Å². The van der Waals surface area contributed by atoms with Crippen molar-refractivity contribution in [2.45, 2.75) is 34.1 Å². The fraction of sp³-hybridized carbons (Fsp3) is 1.00. The van der Waals surface area contributed by atoms with E-state index < -0.39 is 0 Å². The van der Waals surface area contributed by atoms with Crippen molar-refractivity contribution in [3.8, 4) is 0 Å². The summed E-state index contributed by atoms with van der Waals surface area (Å²) in [6, 6.07) is 0. The molecule has 0 bridgehead atoms. The predicted molar refractivity (Wildman–Crippen MR) is 39.2 cm³/mol. The van der Waals surface area contributed by atoms with Gasteiger partial charge in [-0.2, -0.15) is 0 Å². The summed E-state index contributed by atoms with van der Waals surface area (Å²) in [7, 11) is 0. The molecule has 0 nitrogen and oxygen atoms in total. The van der Waals surface area contributed by atoms with Gasteiger partial charge >= 0.3 is 0 Å². The van der Waals surface area contributed by atoms with Gasteiger partial charge < -0.3 is 0 Å². The molecular formula is C9H16. The van der Waals surface area contributed by atoms with E-state index in [9.17, 15) is 0 Å². The Kier molecular flexibility index (Phi) is 0.695. The van der Waals surface area contributed by atoms with Crippen LogP contribution in [-0.4, -0.2) is 0 Å². The van der Waals surface area contributed by atoms with Crippen LogP contribution in [0.3, 0.4) is 0 Å². The standard InChI is InChI=1S/C9H16/c1-6(2)9(4)7-5-8(7,9)3/h6-7H,5H2,1-4H3. The van der Waals surface area contributed by atoms with Gasteiger partial charge in [-0.3, -0.25) is 0 Å². The maximum atomic E-state index is 2.45. The molecule has 2 rings (SSSR count). The molecule has 0 heteroatoms. The van der Waals surface area contributed by atoms with Crippen LogP contribution in [0.4, 0.5) is 0 Å². The van der Waals surface area contributed by atoms with Gasteiger partial charge in [0.05, 0.1) is 0 Å². The normalized spacial score (nSPS) is 61.7. The van der Waals surface area contributed by atoms with E-state index in [-0.39, 0.29) is 0 Å². The van der Waals surface area contributed by atoms with Gasteiger partial charge in [0.15, 0.2) is 0 Å². The molecule has 3 atom stereocenters. The maximum Gasteiger partial charge on any atom is -0.0212 e. The zero-order chi connectivity index (χ0) is 6.86. The van der Waals surface area contributed by atoms with E-state index in [0.29, 0.717) is 0 Å². The summed E-state index contributed by atoms with van der Waals surface area (Å²) in [5.41, 5.74) is 1.54. The fourth-order valence-corrected chi connectivity index (χ4v) is 2.75. The van der Waals surface area contributed by atoms with Gasteiger partial charge in [0.1, 0.15) is 0 Å². The third-order valence-electron chi connectivity index (χ3n) is 4.31. The Labute approximate surface area is 57.6 Å².